The molecule has 3 heteroatoms. The van der Waals surface area contributed by atoms with E-state index in [9.17, 15) is 9.59 Å². The molecule has 0 aliphatic rings. The highest BCUT2D eigenvalue weighted by atomic mass is 16.1. The number of aromatic amines is 1. The van der Waals surface area contributed by atoms with Gasteiger partial charge >= 0.3 is 0 Å². The van der Waals surface area contributed by atoms with Crippen LogP contribution in [0.5, 0.6) is 0 Å². The van der Waals surface area contributed by atoms with Crippen molar-refractivity contribution in [2.75, 3.05) is 0 Å². The Kier molecular flexibility index (Phi) is 2.68. The average molecular weight is 213 g/mol. The van der Waals surface area contributed by atoms with E-state index < -0.39 is 0 Å². The Morgan fingerprint density at radius 2 is 1.75 bits per heavy atom. The quantitative estimate of drug-likeness (QED) is 0.778. The molecule has 1 aromatic carbocycles. The molecule has 0 bridgehead atoms. The van der Waals surface area contributed by atoms with Crippen LogP contribution in [-0.4, -0.2) is 10.8 Å². The van der Waals surface area contributed by atoms with E-state index in [1.807, 2.05) is 6.07 Å². The summed E-state index contributed by atoms with van der Waals surface area (Å²) in [7, 11) is 0. The summed E-state index contributed by atoms with van der Waals surface area (Å²) < 4.78 is 0. The molecule has 0 saturated heterocycles. The lowest BCUT2D eigenvalue weighted by molar-refractivity contribution is 0.101. The number of aromatic nitrogens is 1. The lowest BCUT2D eigenvalue weighted by Gasteiger charge is -2.05. The monoisotopic (exact) mass is 213 g/mol. The number of ketones is 1. The van der Waals surface area contributed by atoms with Crippen molar-refractivity contribution < 1.29 is 4.79 Å². The second-order valence-corrected chi connectivity index (χ2v) is 3.51. The van der Waals surface area contributed by atoms with Crippen LogP contribution < -0.4 is 5.56 Å². The van der Waals surface area contributed by atoms with E-state index >= 15 is 0 Å². The van der Waals surface area contributed by atoms with Gasteiger partial charge in [0.15, 0.2) is 5.78 Å². The summed E-state index contributed by atoms with van der Waals surface area (Å²) >= 11 is 0. The first-order valence-electron chi connectivity index (χ1n) is 4.98. The second kappa shape index (κ2) is 4.14. The third-order valence-corrected chi connectivity index (χ3v) is 2.41. The third-order valence-electron chi connectivity index (χ3n) is 2.41. The van der Waals surface area contributed by atoms with Crippen LogP contribution in [0.3, 0.4) is 0 Å². The molecule has 0 spiro atoms. The molecule has 80 valence electrons. The number of rotatable bonds is 2. The molecule has 0 atom stereocenters. The Balaban J connectivity index is 2.70. The first-order valence-corrected chi connectivity index (χ1v) is 4.98. The number of benzene rings is 1. The van der Waals surface area contributed by atoms with E-state index in [4.69, 9.17) is 0 Å². The molecule has 3 nitrogen and oxygen atoms in total. The van der Waals surface area contributed by atoms with Gasteiger partial charge in [-0.3, -0.25) is 9.59 Å². The normalized spacial score (nSPS) is 10.1. The summed E-state index contributed by atoms with van der Waals surface area (Å²) in [6, 6.07) is 10.6. The van der Waals surface area contributed by atoms with E-state index in [-0.39, 0.29) is 11.3 Å². The summed E-state index contributed by atoms with van der Waals surface area (Å²) in [6.45, 7) is 1.50. The van der Waals surface area contributed by atoms with Crippen LogP contribution in [0.1, 0.15) is 17.3 Å². The number of H-pyrrole nitrogens is 1. The molecule has 0 amide bonds. The summed E-state index contributed by atoms with van der Waals surface area (Å²) in [5.74, 6) is -0.0427. The summed E-state index contributed by atoms with van der Waals surface area (Å²) in [5, 5.41) is 0. The van der Waals surface area contributed by atoms with Crippen molar-refractivity contribution in [3.63, 3.8) is 0 Å². The fourth-order valence-electron chi connectivity index (χ4n) is 1.66. The molecule has 0 fully saturated rings. The molecule has 2 aromatic rings. The van der Waals surface area contributed by atoms with Crippen molar-refractivity contribution in [2.45, 2.75) is 6.92 Å². The minimum absolute atomic E-state index is 0.0427. The number of hydrogen-bond acceptors (Lipinski definition) is 2. The maximum Gasteiger partial charge on any atom is 0.255 e. The van der Waals surface area contributed by atoms with Crippen LogP contribution in [-0.2, 0) is 0 Å². The van der Waals surface area contributed by atoms with Crippen molar-refractivity contribution in [1.82, 2.24) is 4.98 Å². The lowest BCUT2D eigenvalue weighted by Crippen LogP contribution is -2.09. The molecule has 1 N–H and O–H groups in total. The highest BCUT2D eigenvalue weighted by Gasteiger charge is 2.10. The number of carbonyl (C=O) groups is 1. The van der Waals surface area contributed by atoms with E-state index in [0.717, 1.165) is 0 Å². The van der Waals surface area contributed by atoms with Gasteiger partial charge in [-0.05, 0) is 24.6 Å². The fraction of sp³-hybridized carbons (Fsp3) is 0.0769. The van der Waals surface area contributed by atoms with E-state index in [0.29, 0.717) is 16.7 Å². The Bertz CT molecular complexity index is 584. The summed E-state index contributed by atoms with van der Waals surface area (Å²) in [4.78, 5) is 25.7. The van der Waals surface area contributed by atoms with Crippen LogP contribution in [0.4, 0.5) is 0 Å². The average Bonchev–Trinajstić information content (AvgIpc) is 2.29. The molecule has 1 heterocycles. The van der Waals surface area contributed by atoms with Gasteiger partial charge in [-0.15, -0.1) is 0 Å². The molecule has 0 unspecified atom stereocenters. The van der Waals surface area contributed by atoms with Crippen LogP contribution >= 0.6 is 0 Å². The number of Topliss-reactive ketones (excluding diaryl/α,β-unsaturated/α-hetero) is 1. The first-order chi connectivity index (χ1) is 7.70. The van der Waals surface area contributed by atoms with Crippen molar-refractivity contribution in [2.24, 2.45) is 0 Å². The third kappa shape index (κ3) is 1.80. The lowest BCUT2D eigenvalue weighted by atomic mass is 9.99. The first kappa shape index (κ1) is 10.4. The second-order valence-electron chi connectivity index (χ2n) is 3.51. The molecule has 16 heavy (non-hydrogen) atoms. The van der Waals surface area contributed by atoms with Gasteiger partial charge in [-0.1, -0.05) is 24.3 Å². The van der Waals surface area contributed by atoms with Gasteiger partial charge in [-0.2, -0.15) is 0 Å². The zero-order valence-electron chi connectivity index (χ0n) is 8.86. The molecule has 0 radical (unpaired) electrons. The molecule has 0 aliphatic carbocycles. The SMILES string of the molecule is CC(=O)c1ccccc1-c1ccc[nH]c1=O. The molecule has 2 rings (SSSR count). The van der Waals surface area contributed by atoms with E-state index in [1.165, 1.54) is 6.92 Å². The van der Waals surface area contributed by atoms with Gasteiger partial charge in [0, 0.05) is 17.3 Å². The predicted octanol–water partition coefficient (Wildman–Crippen LogP) is 2.24. The van der Waals surface area contributed by atoms with Gasteiger partial charge in [0.1, 0.15) is 0 Å². The van der Waals surface area contributed by atoms with Gasteiger partial charge in [0.25, 0.3) is 5.56 Å². The maximum absolute atomic E-state index is 11.6. The minimum atomic E-state index is -0.184. The van der Waals surface area contributed by atoms with Crippen molar-refractivity contribution in [3.05, 3.63) is 58.5 Å². The zero-order chi connectivity index (χ0) is 11.5. The topological polar surface area (TPSA) is 49.9 Å². The van der Waals surface area contributed by atoms with Crippen molar-refractivity contribution in [3.8, 4) is 11.1 Å². The van der Waals surface area contributed by atoms with Crippen molar-refractivity contribution >= 4 is 5.78 Å². The van der Waals surface area contributed by atoms with Crippen LogP contribution in [0.15, 0.2) is 47.4 Å². The Morgan fingerprint density at radius 1 is 1.06 bits per heavy atom. The number of pyridine rings is 1. The number of nitrogens with one attached hydrogen (secondary N) is 1. The Hall–Kier alpha value is -2.16. The van der Waals surface area contributed by atoms with Crippen LogP contribution in [0.25, 0.3) is 11.1 Å². The van der Waals surface area contributed by atoms with Crippen LogP contribution in [0, 0.1) is 0 Å². The van der Waals surface area contributed by atoms with Crippen LogP contribution in [0.2, 0.25) is 0 Å². The maximum atomic E-state index is 11.6. The highest BCUT2D eigenvalue weighted by molar-refractivity contribution is 6.00. The predicted molar refractivity (Wildman–Crippen MR) is 62.5 cm³/mol. The fourth-order valence-corrected chi connectivity index (χ4v) is 1.66. The van der Waals surface area contributed by atoms with Gasteiger partial charge in [-0.25, -0.2) is 0 Å². The van der Waals surface area contributed by atoms with Gasteiger partial charge in [0.2, 0.25) is 0 Å². The largest absolute Gasteiger partial charge is 0.329 e. The van der Waals surface area contributed by atoms with Gasteiger partial charge in [0.05, 0.1) is 0 Å². The molecule has 0 saturated carbocycles. The molecular weight excluding hydrogens is 202 g/mol. The zero-order valence-corrected chi connectivity index (χ0v) is 8.86. The smallest absolute Gasteiger partial charge is 0.255 e. The summed E-state index contributed by atoms with van der Waals surface area (Å²) in [5.41, 5.74) is 1.58. The number of hydrogen-bond donors (Lipinski definition) is 1. The summed E-state index contributed by atoms with van der Waals surface area (Å²) in [6.07, 6.45) is 1.57. The van der Waals surface area contributed by atoms with E-state index in [2.05, 4.69) is 4.98 Å². The molecular formula is C13H11NO2. The molecule has 1 aromatic heterocycles. The van der Waals surface area contributed by atoms with Crippen molar-refractivity contribution in [1.29, 1.82) is 0 Å². The molecule has 0 aliphatic heterocycles. The Labute approximate surface area is 92.8 Å². The van der Waals surface area contributed by atoms with E-state index in [1.54, 1.807) is 36.5 Å². The highest BCUT2D eigenvalue weighted by Crippen LogP contribution is 2.20. The number of carbonyl (C=O) groups excluding carboxylic acids is 1. The minimum Gasteiger partial charge on any atom is -0.329 e. The Morgan fingerprint density at radius 3 is 2.44 bits per heavy atom. The van der Waals surface area contributed by atoms with Gasteiger partial charge < -0.3 is 4.98 Å². The standard InChI is InChI=1S/C13H11NO2/c1-9(15)10-5-2-3-6-11(10)12-7-4-8-14-13(12)16/h2-8H,1H3,(H,14,16).